The third-order valence-electron chi connectivity index (χ3n) is 2.18. The Hall–Kier alpha value is -1.50. The highest BCUT2D eigenvalue weighted by molar-refractivity contribution is 5.72. The summed E-state index contributed by atoms with van der Waals surface area (Å²) in [5.74, 6) is 0.301. The van der Waals surface area contributed by atoms with Crippen LogP contribution in [0.15, 0.2) is 19.2 Å². The molecule has 0 saturated heterocycles. The molecule has 1 aromatic rings. The van der Waals surface area contributed by atoms with Crippen LogP contribution in [-0.4, -0.2) is 5.11 Å². The second-order valence-electron chi connectivity index (χ2n) is 3.09. The zero-order valence-electron chi connectivity index (χ0n) is 8.09. The van der Waals surface area contributed by atoms with Crippen molar-refractivity contribution in [1.82, 2.24) is 0 Å². The summed E-state index contributed by atoms with van der Waals surface area (Å²) in [6.07, 6.45) is 3.40. The van der Waals surface area contributed by atoms with Gasteiger partial charge in [-0.3, -0.25) is 0 Å². The van der Waals surface area contributed by atoms with Gasteiger partial charge in [-0.05, 0) is 30.5 Å². The summed E-state index contributed by atoms with van der Waals surface area (Å²) in [4.78, 5) is 0. The molecule has 0 bridgehead atoms. The molecule has 0 saturated carbocycles. The molecule has 68 valence electrons. The lowest BCUT2D eigenvalue weighted by atomic mass is 9.97. The van der Waals surface area contributed by atoms with Crippen LogP contribution in [0.1, 0.15) is 22.3 Å². The molecule has 1 nitrogen and oxygen atoms in total. The van der Waals surface area contributed by atoms with Crippen molar-refractivity contribution >= 4 is 12.2 Å². The van der Waals surface area contributed by atoms with Crippen LogP contribution in [0.4, 0.5) is 0 Å². The SMILES string of the molecule is C=Cc1c(C)cc(C)c(O)c1C=C. The average Bonchev–Trinajstić information content (AvgIpc) is 2.10. The minimum atomic E-state index is 0.301. The van der Waals surface area contributed by atoms with Crippen molar-refractivity contribution < 1.29 is 5.11 Å². The zero-order valence-corrected chi connectivity index (χ0v) is 8.09. The number of phenolic OH excluding ortho intramolecular Hbond substituents is 1. The summed E-state index contributed by atoms with van der Waals surface area (Å²) in [6.45, 7) is 11.3. The van der Waals surface area contributed by atoms with E-state index < -0.39 is 0 Å². The molecule has 0 unspecified atom stereocenters. The topological polar surface area (TPSA) is 20.2 Å². The molecule has 1 heteroatoms. The molecular formula is C12H14O. The zero-order chi connectivity index (χ0) is 10.0. The second-order valence-corrected chi connectivity index (χ2v) is 3.09. The summed E-state index contributed by atoms with van der Waals surface area (Å²) in [7, 11) is 0. The molecule has 0 fully saturated rings. The third kappa shape index (κ3) is 1.50. The fourth-order valence-electron chi connectivity index (χ4n) is 1.50. The minimum absolute atomic E-state index is 0.301. The molecule has 0 aliphatic carbocycles. The van der Waals surface area contributed by atoms with Crippen molar-refractivity contribution in [2.45, 2.75) is 13.8 Å². The van der Waals surface area contributed by atoms with Gasteiger partial charge >= 0.3 is 0 Å². The number of benzene rings is 1. The highest BCUT2D eigenvalue weighted by Crippen LogP contribution is 2.29. The highest BCUT2D eigenvalue weighted by Gasteiger charge is 2.07. The summed E-state index contributed by atoms with van der Waals surface area (Å²) in [6, 6.07) is 1.94. The Labute approximate surface area is 79.0 Å². The molecule has 0 radical (unpaired) electrons. The van der Waals surface area contributed by atoms with Crippen molar-refractivity contribution in [2.24, 2.45) is 0 Å². The van der Waals surface area contributed by atoms with E-state index in [1.165, 1.54) is 0 Å². The Morgan fingerprint density at radius 3 is 2.08 bits per heavy atom. The van der Waals surface area contributed by atoms with Crippen molar-refractivity contribution in [3.05, 3.63) is 41.5 Å². The van der Waals surface area contributed by atoms with Gasteiger partial charge in [0.25, 0.3) is 0 Å². The molecule has 1 aromatic carbocycles. The van der Waals surface area contributed by atoms with E-state index in [-0.39, 0.29) is 0 Å². The van der Waals surface area contributed by atoms with Crippen LogP contribution in [0.5, 0.6) is 5.75 Å². The first kappa shape index (κ1) is 9.59. The molecule has 0 atom stereocenters. The van der Waals surface area contributed by atoms with Gasteiger partial charge in [0.05, 0.1) is 0 Å². The van der Waals surface area contributed by atoms with Gasteiger partial charge < -0.3 is 5.11 Å². The van der Waals surface area contributed by atoms with Gasteiger partial charge in [0.15, 0.2) is 0 Å². The summed E-state index contributed by atoms with van der Waals surface area (Å²) < 4.78 is 0. The minimum Gasteiger partial charge on any atom is -0.507 e. The van der Waals surface area contributed by atoms with E-state index >= 15 is 0 Å². The monoisotopic (exact) mass is 174 g/mol. The Morgan fingerprint density at radius 1 is 1.08 bits per heavy atom. The normalized spacial score (nSPS) is 9.69. The predicted octanol–water partition coefficient (Wildman–Crippen LogP) is 3.30. The van der Waals surface area contributed by atoms with Crippen LogP contribution in [0.3, 0.4) is 0 Å². The molecule has 0 amide bonds. The summed E-state index contributed by atoms with van der Waals surface area (Å²) >= 11 is 0. The maximum atomic E-state index is 9.71. The third-order valence-corrected chi connectivity index (χ3v) is 2.18. The van der Waals surface area contributed by atoms with Crippen LogP contribution < -0.4 is 0 Å². The van der Waals surface area contributed by atoms with Gasteiger partial charge in [-0.2, -0.15) is 0 Å². The van der Waals surface area contributed by atoms with E-state index in [9.17, 15) is 5.11 Å². The first-order valence-corrected chi connectivity index (χ1v) is 4.19. The predicted molar refractivity (Wildman–Crippen MR) is 57.8 cm³/mol. The molecule has 0 aliphatic heterocycles. The van der Waals surface area contributed by atoms with Gasteiger partial charge in [-0.15, -0.1) is 0 Å². The molecule has 0 heterocycles. The summed E-state index contributed by atoms with van der Waals surface area (Å²) in [5.41, 5.74) is 3.71. The standard InChI is InChI=1S/C12H14O/c1-5-10-8(3)7-9(4)12(13)11(10)6-2/h5-7,13H,1-2H2,3-4H3. The summed E-state index contributed by atoms with van der Waals surface area (Å²) in [5, 5.41) is 9.71. The maximum absolute atomic E-state index is 9.71. The highest BCUT2D eigenvalue weighted by atomic mass is 16.3. The van der Waals surface area contributed by atoms with Crippen LogP contribution >= 0.6 is 0 Å². The molecule has 1 N–H and O–H groups in total. The largest absolute Gasteiger partial charge is 0.507 e. The Balaban J connectivity index is 3.59. The molecule has 0 aromatic heterocycles. The van der Waals surface area contributed by atoms with Gasteiger partial charge in [-0.25, -0.2) is 0 Å². The van der Waals surface area contributed by atoms with E-state index in [2.05, 4.69) is 13.2 Å². The fourth-order valence-corrected chi connectivity index (χ4v) is 1.50. The maximum Gasteiger partial charge on any atom is 0.126 e. The number of aromatic hydroxyl groups is 1. The van der Waals surface area contributed by atoms with Crippen molar-refractivity contribution in [2.75, 3.05) is 0 Å². The molecule has 1 rings (SSSR count). The van der Waals surface area contributed by atoms with E-state index in [0.717, 1.165) is 22.3 Å². The Morgan fingerprint density at radius 2 is 1.62 bits per heavy atom. The number of rotatable bonds is 2. The van der Waals surface area contributed by atoms with Gasteiger partial charge in [0, 0.05) is 5.56 Å². The van der Waals surface area contributed by atoms with E-state index in [1.54, 1.807) is 12.2 Å². The van der Waals surface area contributed by atoms with E-state index in [1.807, 2.05) is 19.9 Å². The fraction of sp³-hybridized carbons (Fsp3) is 0.167. The molecule has 0 aliphatic rings. The number of hydrogen-bond acceptors (Lipinski definition) is 1. The molecule has 13 heavy (non-hydrogen) atoms. The van der Waals surface area contributed by atoms with Crippen LogP contribution in [0, 0.1) is 13.8 Å². The van der Waals surface area contributed by atoms with Gasteiger partial charge in [0.1, 0.15) is 5.75 Å². The molecular weight excluding hydrogens is 160 g/mol. The van der Waals surface area contributed by atoms with Crippen LogP contribution in [0.25, 0.3) is 12.2 Å². The van der Waals surface area contributed by atoms with Crippen LogP contribution in [-0.2, 0) is 0 Å². The number of hydrogen-bond donors (Lipinski definition) is 1. The van der Waals surface area contributed by atoms with E-state index in [0.29, 0.717) is 5.75 Å². The Bertz CT molecular complexity index is 362. The van der Waals surface area contributed by atoms with Gasteiger partial charge in [-0.1, -0.05) is 31.4 Å². The van der Waals surface area contributed by atoms with Crippen LogP contribution in [0.2, 0.25) is 0 Å². The number of phenols is 1. The van der Waals surface area contributed by atoms with Gasteiger partial charge in [0.2, 0.25) is 0 Å². The van der Waals surface area contributed by atoms with E-state index in [4.69, 9.17) is 0 Å². The van der Waals surface area contributed by atoms with Crippen molar-refractivity contribution in [3.63, 3.8) is 0 Å². The second kappa shape index (κ2) is 3.48. The van der Waals surface area contributed by atoms with Crippen molar-refractivity contribution in [1.29, 1.82) is 0 Å². The molecule has 0 spiro atoms. The average molecular weight is 174 g/mol. The first-order valence-electron chi connectivity index (χ1n) is 4.19. The smallest absolute Gasteiger partial charge is 0.126 e. The quantitative estimate of drug-likeness (QED) is 0.729. The lowest BCUT2D eigenvalue weighted by Crippen LogP contribution is -1.89. The Kier molecular flexibility index (Phi) is 2.57. The van der Waals surface area contributed by atoms with Crippen molar-refractivity contribution in [3.8, 4) is 5.75 Å². The first-order chi connectivity index (χ1) is 6.11. The lowest BCUT2D eigenvalue weighted by Gasteiger charge is -2.10. The number of aryl methyl sites for hydroxylation is 2. The lowest BCUT2D eigenvalue weighted by molar-refractivity contribution is 0.469.